The Labute approximate surface area is 140 Å². The Morgan fingerprint density at radius 3 is 2.50 bits per heavy atom. The van der Waals surface area contributed by atoms with E-state index in [1.54, 1.807) is 24.3 Å². The van der Waals surface area contributed by atoms with Crippen molar-refractivity contribution in [2.24, 2.45) is 0 Å². The van der Waals surface area contributed by atoms with Crippen molar-refractivity contribution in [3.8, 4) is 5.75 Å². The average molecular weight is 333 g/mol. The molecule has 24 heavy (non-hydrogen) atoms. The number of methoxy groups -OCH3 is 2. The number of carbonyl (C=O) groups excluding carboxylic acids is 1. The summed E-state index contributed by atoms with van der Waals surface area (Å²) >= 11 is 0. The van der Waals surface area contributed by atoms with Crippen LogP contribution in [0.25, 0.3) is 0 Å². The molecule has 2 N–H and O–H groups in total. The van der Waals surface area contributed by atoms with Crippen molar-refractivity contribution in [3.63, 3.8) is 0 Å². The highest BCUT2D eigenvalue weighted by molar-refractivity contribution is 5.94. The van der Waals surface area contributed by atoms with Crippen molar-refractivity contribution >= 4 is 5.91 Å². The third kappa shape index (κ3) is 4.10. The van der Waals surface area contributed by atoms with Crippen LogP contribution >= 0.6 is 0 Å². The lowest BCUT2D eigenvalue weighted by Crippen LogP contribution is -2.44. The number of amides is 1. The minimum absolute atomic E-state index is 0.00820. The minimum Gasteiger partial charge on any atom is -0.494 e. The number of aliphatic hydroxyl groups is 1. The number of benzene rings is 2. The van der Waals surface area contributed by atoms with E-state index in [1.807, 2.05) is 6.07 Å². The van der Waals surface area contributed by atoms with Gasteiger partial charge in [-0.2, -0.15) is 0 Å². The van der Waals surface area contributed by atoms with Gasteiger partial charge in [0, 0.05) is 12.7 Å². The van der Waals surface area contributed by atoms with Crippen molar-refractivity contribution in [1.82, 2.24) is 5.32 Å². The van der Waals surface area contributed by atoms with Crippen LogP contribution in [-0.4, -0.2) is 38.4 Å². The zero-order valence-electron chi connectivity index (χ0n) is 13.6. The molecule has 0 aliphatic heterocycles. The van der Waals surface area contributed by atoms with Crippen molar-refractivity contribution < 1.29 is 23.8 Å². The fourth-order valence-electron chi connectivity index (χ4n) is 2.36. The first-order chi connectivity index (χ1) is 11.5. The Morgan fingerprint density at radius 2 is 1.92 bits per heavy atom. The van der Waals surface area contributed by atoms with Gasteiger partial charge in [0.2, 0.25) is 0 Å². The molecule has 0 heterocycles. The van der Waals surface area contributed by atoms with Crippen LogP contribution in [-0.2, 0) is 10.3 Å². The fourth-order valence-corrected chi connectivity index (χ4v) is 2.36. The zero-order chi connectivity index (χ0) is 17.6. The van der Waals surface area contributed by atoms with Gasteiger partial charge in [-0.3, -0.25) is 4.79 Å². The summed E-state index contributed by atoms with van der Waals surface area (Å²) in [5, 5.41) is 13.4. The second kappa shape index (κ2) is 7.90. The molecular formula is C18H20FNO4. The van der Waals surface area contributed by atoms with Crippen LogP contribution in [0.15, 0.2) is 48.5 Å². The highest BCUT2D eigenvalue weighted by Gasteiger charge is 2.30. The number of rotatable bonds is 7. The molecule has 0 aliphatic rings. The molecule has 2 aromatic carbocycles. The second-order valence-corrected chi connectivity index (χ2v) is 5.36. The van der Waals surface area contributed by atoms with E-state index < -0.39 is 17.3 Å². The number of ether oxygens (including phenoxy) is 2. The highest BCUT2D eigenvalue weighted by Crippen LogP contribution is 2.21. The maximum absolute atomic E-state index is 13.7. The SMILES string of the molecule is COCC(O)(CNC(=O)c1ccc(OC)c(F)c1)c1ccccc1. The van der Waals surface area contributed by atoms with E-state index in [9.17, 15) is 14.3 Å². The highest BCUT2D eigenvalue weighted by atomic mass is 19.1. The lowest BCUT2D eigenvalue weighted by Gasteiger charge is -2.28. The number of nitrogens with one attached hydrogen (secondary N) is 1. The molecule has 0 aliphatic carbocycles. The van der Waals surface area contributed by atoms with E-state index in [0.717, 1.165) is 6.07 Å². The summed E-state index contributed by atoms with van der Waals surface area (Å²) in [5.41, 5.74) is -0.620. The van der Waals surface area contributed by atoms with E-state index in [0.29, 0.717) is 5.56 Å². The summed E-state index contributed by atoms with van der Waals surface area (Å²) in [6.45, 7) is -0.0639. The van der Waals surface area contributed by atoms with Crippen molar-refractivity contribution in [2.75, 3.05) is 27.4 Å². The van der Waals surface area contributed by atoms with Gasteiger partial charge in [-0.05, 0) is 23.8 Å². The van der Waals surface area contributed by atoms with Crippen molar-refractivity contribution in [2.45, 2.75) is 5.60 Å². The fraction of sp³-hybridized carbons (Fsp3) is 0.278. The van der Waals surface area contributed by atoms with Crippen LogP contribution in [0.2, 0.25) is 0 Å². The van der Waals surface area contributed by atoms with E-state index in [4.69, 9.17) is 9.47 Å². The molecule has 2 aromatic rings. The van der Waals surface area contributed by atoms with Gasteiger partial charge < -0.3 is 19.9 Å². The molecule has 0 aromatic heterocycles. The van der Waals surface area contributed by atoms with Gasteiger partial charge in [0.25, 0.3) is 5.91 Å². The Kier molecular flexibility index (Phi) is 5.89. The molecular weight excluding hydrogens is 313 g/mol. The van der Waals surface area contributed by atoms with Gasteiger partial charge in [0.05, 0.1) is 20.3 Å². The minimum atomic E-state index is -1.38. The molecule has 6 heteroatoms. The van der Waals surface area contributed by atoms with E-state index in [2.05, 4.69) is 5.32 Å². The number of hydrogen-bond donors (Lipinski definition) is 2. The molecule has 0 saturated carbocycles. The first kappa shape index (κ1) is 17.9. The lowest BCUT2D eigenvalue weighted by atomic mass is 9.94. The maximum atomic E-state index is 13.7. The van der Waals surface area contributed by atoms with Gasteiger partial charge in [-0.25, -0.2) is 4.39 Å². The number of halogens is 1. The summed E-state index contributed by atoms with van der Waals surface area (Å²) in [6, 6.07) is 12.8. The predicted molar refractivity (Wildman–Crippen MR) is 87.5 cm³/mol. The molecule has 1 atom stereocenters. The van der Waals surface area contributed by atoms with Crippen LogP contribution in [0.3, 0.4) is 0 Å². The quantitative estimate of drug-likeness (QED) is 0.814. The molecule has 5 nitrogen and oxygen atoms in total. The summed E-state index contributed by atoms with van der Waals surface area (Å²) in [5.74, 6) is -1.06. The largest absolute Gasteiger partial charge is 0.494 e. The third-order valence-electron chi connectivity index (χ3n) is 3.65. The third-order valence-corrected chi connectivity index (χ3v) is 3.65. The molecule has 0 radical (unpaired) electrons. The van der Waals surface area contributed by atoms with Crippen LogP contribution in [0.1, 0.15) is 15.9 Å². The maximum Gasteiger partial charge on any atom is 0.251 e. The van der Waals surface area contributed by atoms with Crippen LogP contribution < -0.4 is 10.1 Å². The number of hydrogen-bond acceptors (Lipinski definition) is 4. The van der Waals surface area contributed by atoms with Gasteiger partial charge in [-0.1, -0.05) is 30.3 Å². The Morgan fingerprint density at radius 1 is 1.21 bits per heavy atom. The molecule has 1 amide bonds. The Hall–Kier alpha value is -2.44. The van der Waals surface area contributed by atoms with Crippen LogP contribution in [0.5, 0.6) is 5.75 Å². The zero-order valence-corrected chi connectivity index (χ0v) is 13.6. The summed E-state index contributed by atoms with van der Waals surface area (Å²) in [6.07, 6.45) is 0. The molecule has 128 valence electrons. The smallest absolute Gasteiger partial charge is 0.251 e. The van der Waals surface area contributed by atoms with Crippen LogP contribution in [0, 0.1) is 5.82 Å². The topological polar surface area (TPSA) is 67.8 Å². The summed E-state index contributed by atoms with van der Waals surface area (Å²) in [7, 11) is 2.82. The van der Waals surface area contributed by atoms with Gasteiger partial charge >= 0.3 is 0 Å². The monoisotopic (exact) mass is 333 g/mol. The second-order valence-electron chi connectivity index (χ2n) is 5.36. The Balaban J connectivity index is 2.12. The molecule has 0 spiro atoms. The Bertz CT molecular complexity index is 693. The standard InChI is InChI=1S/C18H20FNO4/c1-23-12-18(22,14-6-4-3-5-7-14)11-20-17(21)13-8-9-16(24-2)15(19)10-13/h3-10,22H,11-12H2,1-2H3,(H,20,21). The van der Waals surface area contributed by atoms with E-state index >= 15 is 0 Å². The molecule has 0 fully saturated rings. The van der Waals surface area contributed by atoms with Crippen molar-refractivity contribution in [1.29, 1.82) is 0 Å². The first-order valence-electron chi connectivity index (χ1n) is 7.39. The summed E-state index contributed by atoms with van der Waals surface area (Å²) < 4.78 is 23.6. The van der Waals surface area contributed by atoms with Gasteiger partial charge in [0.1, 0.15) is 5.60 Å². The summed E-state index contributed by atoms with van der Waals surface area (Å²) in [4.78, 5) is 12.2. The molecule has 2 rings (SSSR count). The lowest BCUT2D eigenvalue weighted by molar-refractivity contribution is -0.0334. The number of carbonyl (C=O) groups is 1. The van der Waals surface area contributed by atoms with Gasteiger partial charge in [0.15, 0.2) is 11.6 Å². The van der Waals surface area contributed by atoms with E-state index in [-0.39, 0.29) is 24.5 Å². The molecule has 0 bridgehead atoms. The first-order valence-corrected chi connectivity index (χ1v) is 7.39. The van der Waals surface area contributed by atoms with E-state index in [1.165, 1.54) is 26.4 Å². The average Bonchev–Trinajstić information content (AvgIpc) is 2.60. The molecule has 1 unspecified atom stereocenters. The normalized spacial score (nSPS) is 13.2. The molecule has 0 saturated heterocycles. The van der Waals surface area contributed by atoms with Crippen LogP contribution in [0.4, 0.5) is 4.39 Å². The van der Waals surface area contributed by atoms with Gasteiger partial charge in [-0.15, -0.1) is 0 Å². The van der Waals surface area contributed by atoms with Crippen molar-refractivity contribution in [3.05, 3.63) is 65.5 Å². The predicted octanol–water partition coefficient (Wildman–Crippen LogP) is 2.10.